The highest BCUT2D eigenvalue weighted by atomic mass is 16.5. The van der Waals surface area contributed by atoms with Crippen molar-refractivity contribution in [3.8, 4) is 5.75 Å². The molecule has 0 amide bonds. The number of unbranched alkanes of at least 4 members (excludes halogenated alkanes) is 2. The minimum Gasteiger partial charge on any atom is -0.491 e. The Morgan fingerprint density at radius 2 is 1.78 bits per heavy atom. The van der Waals surface area contributed by atoms with Crippen LogP contribution in [0.3, 0.4) is 0 Å². The Bertz CT molecular complexity index is 298. The van der Waals surface area contributed by atoms with Gasteiger partial charge < -0.3 is 14.8 Å². The maximum Gasteiger partial charge on any atom is 0.119 e. The fourth-order valence-electron chi connectivity index (χ4n) is 1.68. The van der Waals surface area contributed by atoms with Gasteiger partial charge in [0.15, 0.2) is 0 Å². The molecule has 0 aliphatic rings. The van der Waals surface area contributed by atoms with Crippen molar-refractivity contribution in [3.05, 3.63) is 29.8 Å². The Hall–Kier alpha value is -1.06. The van der Waals surface area contributed by atoms with Crippen molar-refractivity contribution in [2.24, 2.45) is 0 Å². The first-order chi connectivity index (χ1) is 8.86. The van der Waals surface area contributed by atoms with Gasteiger partial charge in [0.25, 0.3) is 0 Å². The predicted molar refractivity (Wildman–Crippen MR) is 75.0 cm³/mol. The van der Waals surface area contributed by atoms with Crippen LogP contribution < -0.4 is 10.1 Å². The number of rotatable bonds is 10. The molecule has 0 unspecified atom stereocenters. The first kappa shape index (κ1) is 15.0. The average Bonchev–Trinajstić information content (AvgIpc) is 2.40. The summed E-state index contributed by atoms with van der Waals surface area (Å²) in [5.74, 6) is 0.909. The maximum absolute atomic E-state index is 5.60. The van der Waals surface area contributed by atoms with Gasteiger partial charge in [-0.1, -0.05) is 31.9 Å². The van der Waals surface area contributed by atoms with Crippen LogP contribution in [0.2, 0.25) is 0 Å². The second kappa shape index (κ2) is 9.92. The minimum atomic E-state index is 0.623. The lowest BCUT2D eigenvalue weighted by molar-refractivity contribution is 0.0973. The molecule has 1 N–H and O–H groups in total. The molecule has 102 valence electrons. The van der Waals surface area contributed by atoms with Crippen molar-refractivity contribution >= 4 is 0 Å². The van der Waals surface area contributed by atoms with Crippen molar-refractivity contribution in [3.63, 3.8) is 0 Å². The van der Waals surface area contributed by atoms with Crippen LogP contribution >= 0.6 is 0 Å². The fraction of sp³-hybridized carbons (Fsp3) is 0.600. The fourth-order valence-corrected chi connectivity index (χ4v) is 1.68. The Morgan fingerprint density at radius 3 is 2.44 bits per heavy atom. The molecule has 0 heterocycles. The van der Waals surface area contributed by atoms with Crippen LogP contribution in [0.4, 0.5) is 0 Å². The molecule has 0 radical (unpaired) electrons. The summed E-state index contributed by atoms with van der Waals surface area (Å²) in [4.78, 5) is 0. The molecule has 0 fully saturated rings. The Kier molecular flexibility index (Phi) is 8.26. The molecule has 0 spiro atoms. The van der Waals surface area contributed by atoms with Crippen LogP contribution in [0.15, 0.2) is 24.3 Å². The van der Waals surface area contributed by atoms with Gasteiger partial charge in [-0.2, -0.15) is 0 Å². The summed E-state index contributed by atoms with van der Waals surface area (Å²) in [5.41, 5.74) is 1.26. The topological polar surface area (TPSA) is 30.5 Å². The molecule has 0 saturated heterocycles. The monoisotopic (exact) mass is 251 g/mol. The summed E-state index contributed by atoms with van der Waals surface area (Å²) < 4.78 is 11.1. The molecule has 0 bridgehead atoms. The van der Waals surface area contributed by atoms with E-state index in [1.165, 1.54) is 18.4 Å². The second-order valence-electron chi connectivity index (χ2n) is 4.34. The van der Waals surface area contributed by atoms with Gasteiger partial charge in [-0.15, -0.1) is 0 Å². The van der Waals surface area contributed by atoms with Crippen LogP contribution in [0, 0.1) is 0 Å². The third-order valence-corrected chi connectivity index (χ3v) is 2.69. The van der Waals surface area contributed by atoms with E-state index in [0.29, 0.717) is 13.2 Å². The molecule has 0 atom stereocenters. The number of hydrogen-bond acceptors (Lipinski definition) is 3. The van der Waals surface area contributed by atoms with E-state index in [1.54, 1.807) is 0 Å². The van der Waals surface area contributed by atoms with Gasteiger partial charge in [0.1, 0.15) is 12.4 Å². The van der Waals surface area contributed by atoms with E-state index in [1.807, 2.05) is 19.2 Å². The molecule has 0 aliphatic heterocycles. The zero-order valence-electron chi connectivity index (χ0n) is 11.6. The van der Waals surface area contributed by atoms with Gasteiger partial charge in [0, 0.05) is 13.2 Å². The molecule has 3 heteroatoms. The molecule has 0 saturated carbocycles. The molecule has 18 heavy (non-hydrogen) atoms. The van der Waals surface area contributed by atoms with Gasteiger partial charge in [0.05, 0.1) is 6.61 Å². The molecule has 3 nitrogen and oxygen atoms in total. The molecule has 1 aromatic rings. The lowest BCUT2D eigenvalue weighted by Crippen LogP contribution is -2.08. The van der Waals surface area contributed by atoms with Crippen molar-refractivity contribution in [2.45, 2.75) is 32.7 Å². The largest absolute Gasteiger partial charge is 0.491 e. The van der Waals surface area contributed by atoms with E-state index in [0.717, 1.165) is 25.3 Å². The van der Waals surface area contributed by atoms with E-state index in [-0.39, 0.29) is 0 Å². The van der Waals surface area contributed by atoms with Crippen molar-refractivity contribution < 1.29 is 9.47 Å². The summed E-state index contributed by atoms with van der Waals surface area (Å²) in [6.07, 6.45) is 3.63. The van der Waals surface area contributed by atoms with Crippen LogP contribution in [-0.4, -0.2) is 26.9 Å². The zero-order valence-corrected chi connectivity index (χ0v) is 11.6. The van der Waals surface area contributed by atoms with E-state index in [4.69, 9.17) is 9.47 Å². The highest BCUT2D eigenvalue weighted by Gasteiger charge is 1.95. The van der Waals surface area contributed by atoms with Crippen molar-refractivity contribution in [1.82, 2.24) is 5.32 Å². The second-order valence-corrected chi connectivity index (χ2v) is 4.34. The van der Waals surface area contributed by atoms with E-state index in [2.05, 4.69) is 24.4 Å². The van der Waals surface area contributed by atoms with Crippen molar-refractivity contribution in [2.75, 3.05) is 26.9 Å². The third kappa shape index (κ3) is 6.62. The lowest BCUT2D eigenvalue weighted by atomic mass is 10.2. The molecular formula is C15H25NO2. The first-order valence-electron chi connectivity index (χ1n) is 6.81. The molecular weight excluding hydrogens is 226 g/mol. The minimum absolute atomic E-state index is 0.623. The van der Waals surface area contributed by atoms with Crippen LogP contribution in [-0.2, 0) is 11.3 Å². The van der Waals surface area contributed by atoms with E-state index in [9.17, 15) is 0 Å². The highest BCUT2D eigenvalue weighted by molar-refractivity contribution is 5.27. The standard InChI is InChI=1S/C15H25NO2/c1-3-4-5-10-17-11-12-18-15-8-6-14(7-9-15)13-16-2/h6-9,16H,3-5,10-13H2,1-2H3. The molecule has 0 aromatic heterocycles. The van der Waals surface area contributed by atoms with Gasteiger partial charge in [-0.25, -0.2) is 0 Å². The summed E-state index contributed by atoms with van der Waals surface area (Å²) >= 11 is 0. The van der Waals surface area contributed by atoms with Gasteiger partial charge >= 0.3 is 0 Å². The Morgan fingerprint density at radius 1 is 1.00 bits per heavy atom. The lowest BCUT2D eigenvalue weighted by Gasteiger charge is -2.08. The summed E-state index contributed by atoms with van der Waals surface area (Å²) in [7, 11) is 1.94. The normalized spacial score (nSPS) is 10.6. The quantitative estimate of drug-likeness (QED) is 0.648. The maximum atomic E-state index is 5.60. The Balaban J connectivity index is 2.08. The zero-order chi connectivity index (χ0) is 13.1. The van der Waals surface area contributed by atoms with Crippen LogP contribution in [0.5, 0.6) is 5.75 Å². The van der Waals surface area contributed by atoms with Crippen molar-refractivity contribution in [1.29, 1.82) is 0 Å². The smallest absolute Gasteiger partial charge is 0.119 e. The number of nitrogens with one attached hydrogen (secondary N) is 1. The summed E-state index contributed by atoms with van der Waals surface area (Å²) in [5, 5.41) is 3.12. The van der Waals surface area contributed by atoms with Gasteiger partial charge in [-0.05, 0) is 31.2 Å². The SMILES string of the molecule is CCCCCOCCOc1ccc(CNC)cc1. The van der Waals surface area contributed by atoms with Gasteiger partial charge in [0.2, 0.25) is 0 Å². The average molecular weight is 251 g/mol. The van der Waals surface area contributed by atoms with Crippen LogP contribution in [0.1, 0.15) is 31.7 Å². The highest BCUT2D eigenvalue weighted by Crippen LogP contribution is 2.11. The predicted octanol–water partition coefficient (Wildman–Crippen LogP) is 2.99. The molecule has 0 aliphatic carbocycles. The Labute approximate surface area is 110 Å². The summed E-state index contributed by atoms with van der Waals surface area (Å²) in [6.45, 7) is 5.22. The number of hydrogen-bond donors (Lipinski definition) is 1. The number of ether oxygens (including phenoxy) is 2. The summed E-state index contributed by atoms with van der Waals surface area (Å²) in [6, 6.07) is 8.16. The first-order valence-corrected chi connectivity index (χ1v) is 6.81. The number of benzene rings is 1. The third-order valence-electron chi connectivity index (χ3n) is 2.69. The molecule has 1 rings (SSSR count). The molecule has 1 aromatic carbocycles. The van der Waals surface area contributed by atoms with Gasteiger partial charge in [-0.3, -0.25) is 0 Å². The van der Waals surface area contributed by atoms with E-state index < -0.39 is 0 Å². The van der Waals surface area contributed by atoms with Crippen LogP contribution in [0.25, 0.3) is 0 Å². The van der Waals surface area contributed by atoms with E-state index >= 15 is 0 Å².